The standard InChI is InChI=1S/C14H16F5N3O2S2/c1-2-24-14(23)22-12-5-3-9(7-11(12)20)21-8-10-4-6-13(25-10)26(15,16,17,18)19/h3-7,21H,2,8,20H2,1H3,(H,22,23). The summed E-state index contributed by atoms with van der Waals surface area (Å²) in [5.74, 6) is 0. The van der Waals surface area contributed by atoms with Gasteiger partial charge < -0.3 is 15.8 Å². The molecule has 0 fully saturated rings. The van der Waals surface area contributed by atoms with Crippen molar-refractivity contribution in [2.75, 3.05) is 23.0 Å². The van der Waals surface area contributed by atoms with Crippen molar-refractivity contribution in [1.29, 1.82) is 0 Å². The van der Waals surface area contributed by atoms with Crippen LogP contribution in [-0.4, -0.2) is 12.7 Å². The quantitative estimate of drug-likeness (QED) is 0.388. The molecule has 0 saturated carbocycles. The molecule has 2 rings (SSSR count). The molecule has 0 aliphatic rings. The lowest BCUT2D eigenvalue weighted by atomic mass is 10.2. The molecule has 0 radical (unpaired) electrons. The highest BCUT2D eigenvalue weighted by Crippen LogP contribution is 3.02. The molecular weight excluding hydrogens is 401 g/mol. The van der Waals surface area contributed by atoms with Crippen molar-refractivity contribution in [2.24, 2.45) is 0 Å². The lowest BCUT2D eigenvalue weighted by molar-refractivity contribution is 0.168. The van der Waals surface area contributed by atoms with Crippen molar-refractivity contribution < 1.29 is 29.0 Å². The van der Waals surface area contributed by atoms with Gasteiger partial charge in [0.05, 0.1) is 18.0 Å². The second kappa shape index (κ2) is 6.20. The zero-order chi connectivity index (χ0) is 19.7. The second-order valence-electron chi connectivity index (χ2n) is 5.19. The van der Waals surface area contributed by atoms with Crippen LogP contribution in [0.25, 0.3) is 0 Å². The van der Waals surface area contributed by atoms with Crippen molar-refractivity contribution in [1.82, 2.24) is 0 Å². The number of hydrogen-bond donors (Lipinski definition) is 3. The van der Waals surface area contributed by atoms with E-state index in [9.17, 15) is 24.2 Å². The molecule has 26 heavy (non-hydrogen) atoms. The van der Waals surface area contributed by atoms with E-state index in [1.54, 1.807) is 6.92 Å². The third kappa shape index (κ3) is 5.39. The van der Waals surface area contributed by atoms with Gasteiger partial charge in [-0.15, -0.1) is 11.3 Å². The predicted molar refractivity (Wildman–Crippen MR) is 94.5 cm³/mol. The van der Waals surface area contributed by atoms with Gasteiger partial charge in [0.25, 0.3) is 0 Å². The van der Waals surface area contributed by atoms with Gasteiger partial charge in [0, 0.05) is 17.1 Å². The second-order valence-corrected chi connectivity index (χ2v) is 9.00. The first-order valence-corrected chi connectivity index (χ1v) is 9.95. The van der Waals surface area contributed by atoms with Gasteiger partial charge in [0.15, 0.2) is 4.21 Å². The van der Waals surface area contributed by atoms with Crippen LogP contribution in [0.3, 0.4) is 0 Å². The largest absolute Gasteiger partial charge is 0.450 e. The molecule has 0 bridgehead atoms. The van der Waals surface area contributed by atoms with Gasteiger partial charge in [-0.3, -0.25) is 5.32 Å². The van der Waals surface area contributed by atoms with E-state index in [4.69, 9.17) is 10.5 Å². The van der Waals surface area contributed by atoms with Crippen LogP contribution < -0.4 is 16.4 Å². The zero-order valence-corrected chi connectivity index (χ0v) is 15.0. The number of ether oxygens (including phenoxy) is 1. The van der Waals surface area contributed by atoms with E-state index in [1.165, 1.54) is 18.2 Å². The molecule has 1 amide bonds. The average Bonchev–Trinajstić information content (AvgIpc) is 2.96. The fourth-order valence-corrected chi connectivity index (χ4v) is 3.86. The number of halogens is 5. The Bertz CT molecular complexity index is 824. The van der Waals surface area contributed by atoms with Crippen LogP contribution in [-0.2, 0) is 11.3 Å². The molecule has 0 unspecified atom stereocenters. The molecule has 1 heterocycles. The maximum absolute atomic E-state index is 12.7. The van der Waals surface area contributed by atoms with E-state index in [-0.39, 0.29) is 35.1 Å². The molecule has 0 spiro atoms. The number of nitrogens with one attached hydrogen (secondary N) is 2. The molecule has 0 aliphatic heterocycles. The van der Waals surface area contributed by atoms with Gasteiger partial charge in [-0.1, -0.05) is 19.4 Å². The molecule has 5 nitrogen and oxygen atoms in total. The number of amides is 1. The Kier molecular flexibility index (Phi) is 4.79. The molecule has 0 aliphatic carbocycles. The van der Waals surface area contributed by atoms with Gasteiger partial charge in [-0.2, -0.15) is 0 Å². The molecule has 4 N–H and O–H groups in total. The molecule has 1 aromatic heterocycles. The molecule has 2 aromatic rings. The number of hydrogen-bond acceptors (Lipinski definition) is 5. The number of thiophene rings is 1. The summed E-state index contributed by atoms with van der Waals surface area (Å²) in [6, 6.07) is 5.82. The maximum Gasteiger partial charge on any atom is 0.411 e. The van der Waals surface area contributed by atoms with E-state index in [0.717, 1.165) is 6.07 Å². The topological polar surface area (TPSA) is 76.4 Å². The minimum Gasteiger partial charge on any atom is -0.450 e. The van der Waals surface area contributed by atoms with E-state index < -0.39 is 20.5 Å². The maximum atomic E-state index is 12.7. The van der Waals surface area contributed by atoms with Crippen molar-refractivity contribution >= 4 is 44.7 Å². The van der Waals surface area contributed by atoms with E-state index in [2.05, 4.69) is 10.6 Å². The number of nitrogens with two attached hydrogens (primary N) is 1. The highest BCUT2D eigenvalue weighted by atomic mass is 32.5. The molecule has 0 atom stereocenters. The Morgan fingerprint density at radius 3 is 2.42 bits per heavy atom. The lowest BCUT2D eigenvalue weighted by Gasteiger charge is -2.38. The highest BCUT2D eigenvalue weighted by Gasteiger charge is 2.66. The van der Waals surface area contributed by atoms with E-state index >= 15 is 0 Å². The first-order valence-electron chi connectivity index (χ1n) is 7.18. The summed E-state index contributed by atoms with van der Waals surface area (Å²) in [6.45, 7) is 1.73. The molecule has 1 aromatic carbocycles. The van der Waals surface area contributed by atoms with E-state index in [0.29, 0.717) is 17.4 Å². The predicted octanol–water partition coefficient (Wildman–Crippen LogP) is 6.17. The van der Waals surface area contributed by atoms with Gasteiger partial charge in [-0.05, 0) is 37.3 Å². The highest BCUT2D eigenvalue weighted by molar-refractivity contribution is 8.46. The Morgan fingerprint density at radius 1 is 1.19 bits per heavy atom. The van der Waals surface area contributed by atoms with Crippen molar-refractivity contribution in [3.05, 3.63) is 35.2 Å². The normalized spacial score (nSPS) is 14.2. The third-order valence-electron chi connectivity index (χ3n) is 3.05. The average molecular weight is 417 g/mol. The third-order valence-corrected chi connectivity index (χ3v) is 6.02. The lowest BCUT2D eigenvalue weighted by Crippen LogP contribution is -2.14. The SMILES string of the molecule is CCOC(=O)Nc1ccc(NCc2ccc(S(F)(F)(F)(F)F)s2)cc1N. The van der Waals surface area contributed by atoms with Gasteiger partial charge in [0.1, 0.15) is 0 Å². The summed E-state index contributed by atoms with van der Waals surface area (Å²) < 4.78 is 66.4. The monoisotopic (exact) mass is 417 g/mol. The van der Waals surface area contributed by atoms with Crippen LogP contribution in [0.1, 0.15) is 11.8 Å². The minimum absolute atomic E-state index is 0.0118. The Hall–Kier alpha value is -2.21. The number of carbonyl (C=O) groups is 1. The Balaban J connectivity index is 2.04. The van der Waals surface area contributed by atoms with Crippen LogP contribution in [0.4, 0.5) is 41.3 Å². The first-order chi connectivity index (χ1) is 11.8. The number of carbonyl (C=O) groups excluding carboxylic acids is 1. The summed E-state index contributed by atoms with van der Waals surface area (Å²) in [6.07, 6.45) is -0.679. The summed E-state index contributed by atoms with van der Waals surface area (Å²) in [5.41, 5.74) is 6.72. The summed E-state index contributed by atoms with van der Waals surface area (Å²) in [7, 11) is -9.65. The summed E-state index contributed by atoms with van der Waals surface area (Å²) in [5, 5.41) is 5.21. The number of rotatable bonds is 6. The summed E-state index contributed by atoms with van der Waals surface area (Å²) >= 11 is -0.0118. The molecule has 0 saturated heterocycles. The van der Waals surface area contributed by atoms with Crippen LogP contribution in [0.2, 0.25) is 0 Å². The molecule has 146 valence electrons. The van der Waals surface area contributed by atoms with Gasteiger partial charge in [-0.25, -0.2) is 4.79 Å². The number of anilines is 3. The van der Waals surface area contributed by atoms with Crippen LogP contribution in [0.5, 0.6) is 0 Å². The Morgan fingerprint density at radius 2 is 1.88 bits per heavy atom. The molecule has 12 heteroatoms. The van der Waals surface area contributed by atoms with Crippen molar-refractivity contribution in [3.8, 4) is 0 Å². The number of nitrogen functional groups attached to an aromatic ring is 1. The first kappa shape index (κ1) is 20.1. The van der Waals surface area contributed by atoms with E-state index in [1.807, 2.05) is 0 Å². The Labute approximate surface area is 150 Å². The smallest absolute Gasteiger partial charge is 0.411 e. The fourth-order valence-electron chi connectivity index (χ4n) is 1.91. The van der Waals surface area contributed by atoms with Gasteiger partial charge >= 0.3 is 16.3 Å². The molecular formula is C14H16F5N3O2S2. The van der Waals surface area contributed by atoms with Gasteiger partial charge in [0.2, 0.25) is 0 Å². The number of benzene rings is 1. The summed E-state index contributed by atoms with van der Waals surface area (Å²) in [4.78, 5) is 11.4. The van der Waals surface area contributed by atoms with Crippen LogP contribution >= 0.6 is 21.6 Å². The zero-order valence-electron chi connectivity index (χ0n) is 13.4. The van der Waals surface area contributed by atoms with Crippen molar-refractivity contribution in [2.45, 2.75) is 17.7 Å². The fraction of sp³-hybridized carbons (Fsp3) is 0.214. The van der Waals surface area contributed by atoms with Crippen molar-refractivity contribution in [3.63, 3.8) is 0 Å². The van der Waals surface area contributed by atoms with Crippen LogP contribution in [0.15, 0.2) is 34.5 Å². The van der Waals surface area contributed by atoms with Crippen LogP contribution in [0, 0.1) is 0 Å². The minimum atomic E-state index is -9.65.